The molecule has 8 heteroatoms. The van der Waals surface area contributed by atoms with Gasteiger partial charge in [0.05, 0.1) is 16.8 Å². The minimum atomic E-state index is -3.61. The number of sulfonamides is 1. The van der Waals surface area contributed by atoms with Crippen molar-refractivity contribution in [1.29, 1.82) is 0 Å². The van der Waals surface area contributed by atoms with Crippen LogP contribution in [0.15, 0.2) is 34.7 Å². The van der Waals surface area contributed by atoms with Crippen LogP contribution in [0.4, 0.5) is 0 Å². The Balaban J connectivity index is 2.12. The second-order valence-corrected chi connectivity index (χ2v) is 7.26. The van der Waals surface area contributed by atoms with E-state index in [9.17, 15) is 13.2 Å². The third kappa shape index (κ3) is 3.41. The molecule has 1 aromatic carbocycles. The van der Waals surface area contributed by atoms with E-state index < -0.39 is 16.0 Å². The maximum Gasteiger partial charge on any atom is 0.335 e. The average Bonchev–Trinajstić information content (AvgIpc) is 2.84. The molecule has 0 spiro atoms. The number of nitrogens with one attached hydrogen (secondary N) is 1. The quantitative estimate of drug-likeness (QED) is 0.874. The highest BCUT2D eigenvalue weighted by molar-refractivity contribution is 7.91. The molecule has 0 amide bonds. The van der Waals surface area contributed by atoms with Gasteiger partial charge in [-0.05, 0) is 24.6 Å². The van der Waals surface area contributed by atoms with E-state index in [-0.39, 0.29) is 16.3 Å². The summed E-state index contributed by atoms with van der Waals surface area (Å²) in [6, 6.07) is 6.12. The van der Waals surface area contributed by atoms with Crippen molar-refractivity contribution in [1.82, 2.24) is 9.71 Å². The van der Waals surface area contributed by atoms with E-state index in [2.05, 4.69) is 9.71 Å². The molecule has 0 saturated carbocycles. The van der Waals surface area contributed by atoms with Gasteiger partial charge in [0.1, 0.15) is 0 Å². The molecule has 1 aromatic heterocycles. The number of nitrogens with zero attached hydrogens (tertiary/aromatic N) is 1. The Kier molecular flexibility index (Phi) is 4.17. The van der Waals surface area contributed by atoms with Crippen LogP contribution in [-0.4, -0.2) is 24.5 Å². The number of carbonyl (C=O) groups is 1. The lowest BCUT2D eigenvalue weighted by Gasteiger charge is -2.05. The first-order valence-corrected chi connectivity index (χ1v) is 7.93. The van der Waals surface area contributed by atoms with E-state index in [4.69, 9.17) is 5.11 Å². The maximum absolute atomic E-state index is 12.0. The molecule has 2 rings (SSSR count). The number of benzene rings is 1. The first kappa shape index (κ1) is 14.6. The van der Waals surface area contributed by atoms with Gasteiger partial charge in [-0.1, -0.05) is 12.1 Å². The van der Waals surface area contributed by atoms with Gasteiger partial charge in [0.2, 0.25) is 0 Å². The van der Waals surface area contributed by atoms with Crippen molar-refractivity contribution in [3.8, 4) is 0 Å². The van der Waals surface area contributed by atoms with Gasteiger partial charge in [-0.2, -0.15) is 0 Å². The van der Waals surface area contributed by atoms with Crippen LogP contribution in [-0.2, 0) is 16.6 Å². The molecular weight excluding hydrogens is 300 g/mol. The highest BCUT2D eigenvalue weighted by atomic mass is 32.2. The smallest absolute Gasteiger partial charge is 0.335 e. The summed E-state index contributed by atoms with van der Waals surface area (Å²) in [7, 11) is -3.61. The van der Waals surface area contributed by atoms with Crippen LogP contribution >= 0.6 is 11.3 Å². The largest absolute Gasteiger partial charge is 0.478 e. The zero-order valence-electron chi connectivity index (χ0n) is 10.5. The fourth-order valence-electron chi connectivity index (χ4n) is 1.53. The number of hydrogen-bond donors (Lipinski definition) is 2. The van der Waals surface area contributed by atoms with Crippen LogP contribution in [0, 0.1) is 6.92 Å². The molecule has 2 N–H and O–H groups in total. The van der Waals surface area contributed by atoms with E-state index in [1.807, 2.05) is 0 Å². The van der Waals surface area contributed by atoms with Crippen molar-refractivity contribution in [2.24, 2.45) is 0 Å². The highest BCUT2D eigenvalue weighted by Crippen LogP contribution is 2.18. The summed E-state index contributed by atoms with van der Waals surface area (Å²) in [6.45, 7) is 1.75. The molecule has 0 atom stereocenters. The summed E-state index contributed by atoms with van der Waals surface area (Å²) >= 11 is 1.08. The van der Waals surface area contributed by atoms with Crippen LogP contribution < -0.4 is 4.72 Å². The monoisotopic (exact) mass is 312 g/mol. The summed E-state index contributed by atoms with van der Waals surface area (Å²) < 4.78 is 26.5. The zero-order chi connectivity index (χ0) is 14.8. The van der Waals surface area contributed by atoms with E-state index in [1.165, 1.54) is 18.3 Å². The fraction of sp³-hybridized carbons (Fsp3) is 0.167. The Bertz CT molecular complexity index is 737. The van der Waals surface area contributed by atoms with E-state index in [0.717, 1.165) is 11.3 Å². The van der Waals surface area contributed by atoms with Crippen LogP contribution in [0.5, 0.6) is 0 Å². The Labute approximate surface area is 120 Å². The first-order valence-electron chi connectivity index (χ1n) is 5.63. The third-order valence-electron chi connectivity index (χ3n) is 2.51. The van der Waals surface area contributed by atoms with Crippen molar-refractivity contribution in [3.63, 3.8) is 0 Å². The predicted molar refractivity (Wildman–Crippen MR) is 74.3 cm³/mol. The van der Waals surface area contributed by atoms with E-state index in [0.29, 0.717) is 10.6 Å². The standard InChI is InChI=1S/C12H12N2O4S2/c1-8-13-7-11(19-8)20(17,18)14-6-9-3-2-4-10(5-9)12(15)16/h2-5,7,14H,6H2,1H3,(H,15,16). The normalized spacial score (nSPS) is 11.4. The van der Waals surface area contributed by atoms with E-state index >= 15 is 0 Å². The maximum atomic E-state index is 12.0. The zero-order valence-corrected chi connectivity index (χ0v) is 12.2. The van der Waals surface area contributed by atoms with Crippen molar-refractivity contribution in [3.05, 3.63) is 46.6 Å². The topological polar surface area (TPSA) is 96.4 Å². The summed E-state index contributed by atoms with van der Waals surface area (Å²) in [5, 5.41) is 9.54. The second kappa shape index (κ2) is 5.70. The van der Waals surface area contributed by atoms with E-state index in [1.54, 1.807) is 19.1 Å². The van der Waals surface area contributed by atoms with Gasteiger partial charge in [0, 0.05) is 6.54 Å². The molecule has 6 nitrogen and oxygen atoms in total. The van der Waals surface area contributed by atoms with Gasteiger partial charge in [-0.15, -0.1) is 11.3 Å². The minimum Gasteiger partial charge on any atom is -0.478 e. The molecule has 1 heterocycles. The molecule has 0 radical (unpaired) electrons. The Morgan fingerprint density at radius 1 is 1.45 bits per heavy atom. The number of rotatable bonds is 5. The van der Waals surface area contributed by atoms with Crippen LogP contribution in [0.1, 0.15) is 20.9 Å². The molecule has 0 aliphatic carbocycles. The Hall–Kier alpha value is -1.77. The van der Waals surface area contributed by atoms with Crippen molar-refractivity contribution >= 4 is 27.3 Å². The number of aromatic carboxylic acids is 1. The van der Waals surface area contributed by atoms with Crippen LogP contribution in [0.25, 0.3) is 0 Å². The van der Waals surface area contributed by atoms with Crippen LogP contribution in [0.2, 0.25) is 0 Å². The van der Waals surface area contributed by atoms with Crippen molar-refractivity contribution in [2.75, 3.05) is 0 Å². The number of aromatic nitrogens is 1. The van der Waals surface area contributed by atoms with Gasteiger partial charge >= 0.3 is 5.97 Å². The highest BCUT2D eigenvalue weighted by Gasteiger charge is 2.16. The van der Waals surface area contributed by atoms with Crippen molar-refractivity contribution in [2.45, 2.75) is 17.7 Å². The molecule has 0 aliphatic rings. The average molecular weight is 312 g/mol. The van der Waals surface area contributed by atoms with Gasteiger partial charge in [-0.3, -0.25) is 0 Å². The summed E-state index contributed by atoms with van der Waals surface area (Å²) in [6.07, 6.45) is 1.30. The van der Waals surface area contributed by atoms with Gasteiger partial charge in [-0.25, -0.2) is 22.9 Å². The molecule has 0 aliphatic heterocycles. The summed E-state index contributed by atoms with van der Waals surface area (Å²) in [4.78, 5) is 14.7. The lowest BCUT2D eigenvalue weighted by molar-refractivity contribution is 0.0696. The number of thiazole rings is 1. The molecule has 0 unspecified atom stereocenters. The van der Waals surface area contributed by atoms with Gasteiger partial charge in [0.25, 0.3) is 10.0 Å². The predicted octanol–water partition coefficient (Wildman–Crippen LogP) is 1.63. The molecule has 0 bridgehead atoms. The first-order chi connectivity index (χ1) is 9.38. The molecular formula is C12H12N2O4S2. The number of carboxylic acids is 1. The summed E-state index contributed by atoms with van der Waals surface area (Å²) in [5.41, 5.74) is 0.699. The molecule has 0 fully saturated rings. The summed E-state index contributed by atoms with van der Waals surface area (Å²) in [5.74, 6) is -1.05. The third-order valence-corrected chi connectivity index (χ3v) is 5.28. The molecule has 2 aromatic rings. The lowest BCUT2D eigenvalue weighted by Crippen LogP contribution is -2.22. The Morgan fingerprint density at radius 3 is 2.80 bits per heavy atom. The van der Waals surface area contributed by atoms with Gasteiger partial charge in [0.15, 0.2) is 4.21 Å². The molecule has 20 heavy (non-hydrogen) atoms. The lowest BCUT2D eigenvalue weighted by atomic mass is 10.1. The SMILES string of the molecule is Cc1ncc(S(=O)(=O)NCc2cccc(C(=O)O)c2)s1. The Morgan fingerprint density at radius 2 is 2.20 bits per heavy atom. The van der Waals surface area contributed by atoms with Gasteiger partial charge < -0.3 is 5.11 Å². The fourth-order valence-corrected chi connectivity index (χ4v) is 3.70. The second-order valence-electron chi connectivity index (χ2n) is 4.03. The van der Waals surface area contributed by atoms with Crippen LogP contribution in [0.3, 0.4) is 0 Å². The molecule has 106 valence electrons. The van der Waals surface area contributed by atoms with Crippen molar-refractivity contribution < 1.29 is 18.3 Å². The molecule has 0 saturated heterocycles. The number of hydrogen-bond acceptors (Lipinski definition) is 5. The minimum absolute atomic E-state index is 0.0282. The number of aryl methyl sites for hydroxylation is 1. The number of carboxylic acid groups (broad SMARTS) is 1.